The maximum absolute atomic E-state index is 12.4. The first-order valence-corrected chi connectivity index (χ1v) is 8.13. The molecule has 0 bridgehead atoms. The number of carbonyl (C=O) groups excluding carboxylic acids is 1. The van der Waals surface area contributed by atoms with Gasteiger partial charge < -0.3 is 15.0 Å². The van der Waals surface area contributed by atoms with Gasteiger partial charge in [0.1, 0.15) is 0 Å². The van der Waals surface area contributed by atoms with Crippen LogP contribution in [0, 0.1) is 6.92 Å². The minimum absolute atomic E-state index is 0.0559. The van der Waals surface area contributed by atoms with E-state index in [1.807, 2.05) is 51.1 Å². The van der Waals surface area contributed by atoms with Gasteiger partial charge in [0.15, 0.2) is 5.82 Å². The second-order valence-electron chi connectivity index (χ2n) is 6.19. The fourth-order valence-corrected chi connectivity index (χ4v) is 2.84. The second-order valence-corrected chi connectivity index (χ2v) is 6.19. The third-order valence-electron chi connectivity index (χ3n) is 3.90. The van der Waals surface area contributed by atoms with E-state index in [4.69, 9.17) is 4.74 Å². The summed E-state index contributed by atoms with van der Waals surface area (Å²) in [6.45, 7) is 7.10. The first kappa shape index (κ1) is 16.4. The number of aromatic nitrogens is 2. The number of hydrogen-bond donors (Lipinski definition) is 1. The number of rotatable bonds is 2. The summed E-state index contributed by atoms with van der Waals surface area (Å²) < 4.78 is 5.66. The standard InChI is InChI=1S/C18H22N4O2/c1-12-8-9-19-17(20-12)15-4-6-16(7-5-15)21-18(23)22-10-13(2)24-14(3)11-22/h4-9,13-14H,10-11H2,1-3H3,(H,21,23)/t13-,14-/m1/s1. The van der Waals surface area contributed by atoms with E-state index in [2.05, 4.69) is 15.3 Å². The molecule has 1 aromatic heterocycles. The fraction of sp³-hybridized carbons (Fsp3) is 0.389. The lowest BCUT2D eigenvalue weighted by Crippen LogP contribution is -2.49. The van der Waals surface area contributed by atoms with Crippen molar-refractivity contribution in [3.05, 3.63) is 42.2 Å². The molecular formula is C18H22N4O2. The molecule has 126 valence electrons. The van der Waals surface area contributed by atoms with Gasteiger partial charge in [0, 0.05) is 36.2 Å². The smallest absolute Gasteiger partial charge is 0.322 e. The summed E-state index contributed by atoms with van der Waals surface area (Å²) in [5.74, 6) is 0.684. The molecule has 1 fully saturated rings. The lowest BCUT2D eigenvalue weighted by Gasteiger charge is -2.35. The van der Waals surface area contributed by atoms with E-state index in [1.165, 1.54) is 0 Å². The van der Waals surface area contributed by atoms with Gasteiger partial charge in [0.05, 0.1) is 12.2 Å². The molecule has 6 nitrogen and oxygen atoms in total. The van der Waals surface area contributed by atoms with Gasteiger partial charge in [-0.3, -0.25) is 0 Å². The maximum atomic E-state index is 12.4. The van der Waals surface area contributed by atoms with Gasteiger partial charge in [-0.05, 0) is 51.1 Å². The Labute approximate surface area is 141 Å². The normalized spacial score (nSPS) is 20.7. The van der Waals surface area contributed by atoms with Crippen LogP contribution in [-0.4, -0.2) is 46.2 Å². The molecule has 1 N–H and O–H groups in total. The highest BCUT2D eigenvalue weighted by Crippen LogP contribution is 2.19. The Morgan fingerprint density at radius 2 is 1.83 bits per heavy atom. The van der Waals surface area contributed by atoms with Crippen molar-refractivity contribution < 1.29 is 9.53 Å². The highest BCUT2D eigenvalue weighted by atomic mass is 16.5. The number of hydrogen-bond acceptors (Lipinski definition) is 4. The van der Waals surface area contributed by atoms with Crippen LogP contribution in [0.1, 0.15) is 19.5 Å². The molecule has 1 saturated heterocycles. The number of nitrogens with zero attached hydrogens (tertiary/aromatic N) is 3. The number of urea groups is 1. The zero-order valence-corrected chi connectivity index (χ0v) is 14.2. The molecule has 0 unspecified atom stereocenters. The third kappa shape index (κ3) is 3.89. The largest absolute Gasteiger partial charge is 0.372 e. The lowest BCUT2D eigenvalue weighted by atomic mass is 10.2. The molecule has 3 rings (SSSR count). The Kier molecular flexibility index (Phi) is 4.76. The molecule has 0 radical (unpaired) electrons. The van der Waals surface area contributed by atoms with Gasteiger partial charge >= 0.3 is 6.03 Å². The van der Waals surface area contributed by atoms with Crippen LogP contribution in [0.5, 0.6) is 0 Å². The molecule has 2 heterocycles. The summed E-state index contributed by atoms with van der Waals surface area (Å²) in [6.07, 6.45) is 1.86. The van der Waals surface area contributed by atoms with Crippen LogP contribution >= 0.6 is 0 Å². The van der Waals surface area contributed by atoms with Crippen LogP contribution in [0.3, 0.4) is 0 Å². The van der Waals surface area contributed by atoms with E-state index in [0.717, 1.165) is 16.9 Å². The first-order chi connectivity index (χ1) is 11.5. The Hall–Kier alpha value is -2.47. The highest BCUT2D eigenvalue weighted by Gasteiger charge is 2.25. The Morgan fingerprint density at radius 1 is 1.17 bits per heavy atom. The van der Waals surface area contributed by atoms with E-state index in [9.17, 15) is 4.79 Å². The van der Waals surface area contributed by atoms with Crippen molar-refractivity contribution in [2.75, 3.05) is 18.4 Å². The minimum atomic E-state index is -0.100. The lowest BCUT2D eigenvalue weighted by molar-refractivity contribution is -0.0530. The van der Waals surface area contributed by atoms with Crippen LogP contribution in [0.4, 0.5) is 10.5 Å². The van der Waals surface area contributed by atoms with E-state index in [0.29, 0.717) is 18.9 Å². The zero-order chi connectivity index (χ0) is 17.1. The van der Waals surface area contributed by atoms with Crippen molar-refractivity contribution in [1.82, 2.24) is 14.9 Å². The van der Waals surface area contributed by atoms with Crippen molar-refractivity contribution in [2.24, 2.45) is 0 Å². The van der Waals surface area contributed by atoms with Crippen LogP contribution in [0.2, 0.25) is 0 Å². The number of ether oxygens (including phenoxy) is 1. The van der Waals surface area contributed by atoms with Crippen LogP contribution in [0.15, 0.2) is 36.5 Å². The van der Waals surface area contributed by atoms with E-state index in [1.54, 1.807) is 11.1 Å². The van der Waals surface area contributed by atoms with Crippen molar-refractivity contribution in [3.8, 4) is 11.4 Å². The highest BCUT2D eigenvalue weighted by molar-refractivity contribution is 5.89. The predicted octanol–water partition coefficient (Wildman–Crippen LogP) is 3.09. The summed E-state index contributed by atoms with van der Waals surface area (Å²) in [5.41, 5.74) is 2.60. The molecule has 0 saturated carbocycles. The number of morpholine rings is 1. The topological polar surface area (TPSA) is 67.4 Å². The average molecular weight is 326 g/mol. The number of carbonyl (C=O) groups is 1. The molecule has 2 atom stereocenters. The molecule has 0 spiro atoms. The molecule has 1 aromatic carbocycles. The number of aryl methyl sites for hydroxylation is 1. The molecule has 2 amide bonds. The van der Waals surface area contributed by atoms with E-state index < -0.39 is 0 Å². The molecule has 2 aromatic rings. The third-order valence-corrected chi connectivity index (χ3v) is 3.90. The molecule has 0 aliphatic carbocycles. The Balaban J connectivity index is 1.67. The number of anilines is 1. The second kappa shape index (κ2) is 6.97. The monoisotopic (exact) mass is 326 g/mol. The number of benzene rings is 1. The molecular weight excluding hydrogens is 304 g/mol. The number of amides is 2. The predicted molar refractivity (Wildman–Crippen MR) is 92.8 cm³/mol. The van der Waals surface area contributed by atoms with Gasteiger partial charge in [0.25, 0.3) is 0 Å². The van der Waals surface area contributed by atoms with Crippen molar-refractivity contribution in [1.29, 1.82) is 0 Å². The fourth-order valence-electron chi connectivity index (χ4n) is 2.84. The average Bonchev–Trinajstić information content (AvgIpc) is 2.54. The van der Waals surface area contributed by atoms with E-state index >= 15 is 0 Å². The molecule has 1 aliphatic rings. The zero-order valence-electron chi connectivity index (χ0n) is 14.2. The quantitative estimate of drug-likeness (QED) is 0.921. The summed E-state index contributed by atoms with van der Waals surface area (Å²) in [5, 5.41) is 2.93. The molecule has 24 heavy (non-hydrogen) atoms. The van der Waals surface area contributed by atoms with Crippen LogP contribution in [-0.2, 0) is 4.74 Å². The van der Waals surface area contributed by atoms with Crippen molar-refractivity contribution >= 4 is 11.7 Å². The van der Waals surface area contributed by atoms with Gasteiger partial charge in [0.2, 0.25) is 0 Å². The summed E-state index contributed by atoms with van der Waals surface area (Å²) >= 11 is 0. The number of nitrogens with one attached hydrogen (secondary N) is 1. The van der Waals surface area contributed by atoms with Crippen molar-refractivity contribution in [2.45, 2.75) is 33.0 Å². The molecule has 1 aliphatic heterocycles. The van der Waals surface area contributed by atoms with Crippen molar-refractivity contribution in [3.63, 3.8) is 0 Å². The van der Waals surface area contributed by atoms with Gasteiger partial charge in [-0.15, -0.1) is 0 Å². The SMILES string of the molecule is Cc1ccnc(-c2ccc(NC(=O)N3C[C@@H](C)O[C@H](C)C3)cc2)n1. The summed E-state index contributed by atoms with van der Waals surface area (Å²) in [4.78, 5) is 22.9. The van der Waals surface area contributed by atoms with E-state index in [-0.39, 0.29) is 18.2 Å². The minimum Gasteiger partial charge on any atom is -0.372 e. The van der Waals surface area contributed by atoms with Gasteiger partial charge in [-0.2, -0.15) is 0 Å². The van der Waals surface area contributed by atoms with Gasteiger partial charge in [-0.25, -0.2) is 14.8 Å². The molecule has 6 heteroatoms. The van der Waals surface area contributed by atoms with Crippen LogP contribution in [0.25, 0.3) is 11.4 Å². The van der Waals surface area contributed by atoms with Gasteiger partial charge in [-0.1, -0.05) is 0 Å². The maximum Gasteiger partial charge on any atom is 0.322 e. The summed E-state index contributed by atoms with van der Waals surface area (Å²) in [7, 11) is 0. The Morgan fingerprint density at radius 3 is 2.46 bits per heavy atom. The summed E-state index contributed by atoms with van der Waals surface area (Å²) in [6, 6.07) is 9.32. The van der Waals surface area contributed by atoms with Crippen LogP contribution < -0.4 is 5.32 Å². The Bertz CT molecular complexity index is 707. The first-order valence-electron chi connectivity index (χ1n) is 8.13.